The van der Waals surface area contributed by atoms with Gasteiger partial charge in [-0.2, -0.15) is 9.57 Å². The van der Waals surface area contributed by atoms with E-state index in [-0.39, 0.29) is 42.2 Å². The maximum atomic E-state index is 13.8. The number of carbonyl (C=O) groups excluding carboxylic acids is 1. The normalized spacial score (nSPS) is 15.4. The number of sulfonamides is 1. The van der Waals surface area contributed by atoms with E-state index in [0.717, 1.165) is 18.2 Å². The van der Waals surface area contributed by atoms with Gasteiger partial charge in [0, 0.05) is 26.2 Å². The average molecular weight is 391 g/mol. The van der Waals surface area contributed by atoms with E-state index in [9.17, 15) is 22.0 Å². The zero-order valence-electron chi connectivity index (χ0n) is 14.1. The zero-order chi connectivity index (χ0) is 19.6. The van der Waals surface area contributed by atoms with E-state index < -0.39 is 27.6 Å². The number of rotatable bonds is 3. The van der Waals surface area contributed by atoms with Gasteiger partial charge in [-0.15, -0.1) is 0 Å². The lowest BCUT2D eigenvalue weighted by molar-refractivity contribution is 0.0692. The number of nitriles is 1. The van der Waals surface area contributed by atoms with Crippen molar-refractivity contribution in [3.8, 4) is 6.07 Å². The first kappa shape index (κ1) is 18.9. The summed E-state index contributed by atoms with van der Waals surface area (Å²) in [7, 11) is -3.89. The second-order valence-electron chi connectivity index (χ2n) is 5.93. The van der Waals surface area contributed by atoms with Crippen LogP contribution < -0.4 is 0 Å². The van der Waals surface area contributed by atoms with E-state index in [2.05, 4.69) is 0 Å². The zero-order valence-corrected chi connectivity index (χ0v) is 14.9. The van der Waals surface area contributed by atoms with E-state index in [1.54, 1.807) is 6.07 Å². The fraction of sp³-hybridized carbons (Fsp3) is 0.222. The lowest BCUT2D eigenvalue weighted by Crippen LogP contribution is -2.50. The van der Waals surface area contributed by atoms with Crippen molar-refractivity contribution >= 4 is 15.9 Å². The minimum absolute atomic E-state index is 0.00916. The molecule has 1 saturated heterocycles. The highest BCUT2D eigenvalue weighted by Gasteiger charge is 2.32. The molecule has 1 fully saturated rings. The Bertz CT molecular complexity index is 1030. The molecule has 0 aliphatic carbocycles. The van der Waals surface area contributed by atoms with Gasteiger partial charge in [0.15, 0.2) is 0 Å². The molecule has 0 atom stereocenters. The number of hydrogen-bond acceptors (Lipinski definition) is 4. The van der Waals surface area contributed by atoms with E-state index in [0.29, 0.717) is 0 Å². The van der Waals surface area contributed by atoms with Gasteiger partial charge in [0.2, 0.25) is 10.0 Å². The molecule has 1 heterocycles. The predicted octanol–water partition coefficient (Wildman–Crippen LogP) is 1.98. The summed E-state index contributed by atoms with van der Waals surface area (Å²) in [5.41, 5.74) is -0.348. The van der Waals surface area contributed by atoms with Gasteiger partial charge in [-0.25, -0.2) is 17.2 Å². The van der Waals surface area contributed by atoms with E-state index >= 15 is 0 Å². The van der Waals surface area contributed by atoms with Crippen LogP contribution in [0.3, 0.4) is 0 Å². The molecular weight excluding hydrogens is 376 g/mol. The third kappa shape index (κ3) is 3.67. The van der Waals surface area contributed by atoms with Crippen molar-refractivity contribution in [3.63, 3.8) is 0 Å². The van der Waals surface area contributed by atoms with Crippen molar-refractivity contribution < 1.29 is 22.0 Å². The van der Waals surface area contributed by atoms with Crippen LogP contribution in [0.5, 0.6) is 0 Å². The molecule has 9 heteroatoms. The van der Waals surface area contributed by atoms with Crippen LogP contribution in [0.15, 0.2) is 47.4 Å². The van der Waals surface area contributed by atoms with Gasteiger partial charge in [0.05, 0.1) is 16.0 Å². The molecule has 1 aliphatic rings. The van der Waals surface area contributed by atoms with Crippen LogP contribution in [0.2, 0.25) is 0 Å². The van der Waals surface area contributed by atoms with Gasteiger partial charge in [-0.1, -0.05) is 12.1 Å². The Labute approximate surface area is 155 Å². The Morgan fingerprint density at radius 2 is 1.70 bits per heavy atom. The Balaban J connectivity index is 1.76. The van der Waals surface area contributed by atoms with Crippen molar-refractivity contribution in [1.29, 1.82) is 5.26 Å². The maximum Gasteiger partial charge on any atom is 0.257 e. The summed E-state index contributed by atoms with van der Waals surface area (Å²) in [5, 5.41) is 9.12. The first-order valence-corrected chi connectivity index (χ1v) is 9.52. The summed E-state index contributed by atoms with van der Waals surface area (Å²) < 4.78 is 53.8. The largest absolute Gasteiger partial charge is 0.336 e. The Morgan fingerprint density at radius 1 is 1.04 bits per heavy atom. The molecule has 0 aromatic heterocycles. The molecule has 0 unspecified atom stereocenters. The second-order valence-corrected chi connectivity index (χ2v) is 7.83. The summed E-state index contributed by atoms with van der Waals surface area (Å²) in [5.74, 6) is -2.25. The standard InChI is InChI=1S/C18H15F2N3O3S/c19-14-5-6-16(20)15(11-14)18(24)22-7-9-23(10-8-22)27(25,26)17-4-2-1-3-13(17)12-21/h1-6,11H,7-10H2. The minimum atomic E-state index is -3.89. The van der Waals surface area contributed by atoms with Crippen molar-refractivity contribution in [2.75, 3.05) is 26.2 Å². The number of piperazine rings is 1. The molecule has 2 aromatic carbocycles. The highest BCUT2D eigenvalue weighted by molar-refractivity contribution is 7.89. The number of halogens is 2. The molecule has 0 spiro atoms. The van der Waals surface area contributed by atoms with Crippen molar-refractivity contribution in [2.45, 2.75) is 4.90 Å². The minimum Gasteiger partial charge on any atom is -0.336 e. The lowest BCUT2D eigenvalue weighted by Gasteiger charge is -2.34. The number of amides is 1. The monoisotopic (exact) mass is 391 g/mol. The van der Waals surface area contributed by atoms with Gasteiger partial charge in [-0.05, 0) is 30.3 Å². The summed E-state index contributed by atoms with van der Waals surface area (Å²) in [6.07, 6.45) is 0. The Morgan fingerprint density at radius 3 is 2.37 bits per heavy atom. The van der Waals surface area contributed by atoms with Gasteiger partial charge < -0.3 is 4.90 Å². The molecule has 0 saturated carbocycles. The van der Waals surface area contributed by atoms with E-state index in [1.807, 2.05) is 6.07 Å². The van der Waals surface area contributed by atoms with Crippen LogP contribution in [-0.2, 0) is 10.0 Å². The van der Waals surface area contributed by atoms with Crippen molar-refractivity contribution in [1.82, 2.24) is 9.21 Å². The molecule has 0 radical (unpaired) electrons. The number of nitrogens with zero attached hydrogens (tertiary/aromatic N) is 3. The molecule has 1 amide bonds. The SMILES string of the molecule is N#Cc1ccccc1S(=O)(=O)N1CCN(C(=O)c2cc(F)ccc2F)CC1. The van der Waals surface area contributed by atoms with Crippen LogP contribution >= 0.6 is 0 Å². The third-order valence-electron chi connectivity index (χ3n) is 4.31. The van der Waals surface area contributed by atoms with Crippen LogP contribution in [0.4, 0.5) is 8.78 Å². The number of benzene rings is 2. The fourth-order valence-corrected chi connectivity index (χ4v) is 4.45. The van der Waals surface area contributed by atoms with E-state index in [1.165, 1.54) is 27.4 Å². The predicted molar refractivity (Wildman–Crippen MR) is 92.2 cm³/mol. The molecule has 3 rings (SSSR count). The van der Waals surface area contributed by atoms with Crippen LogP contribution in [0.25, 0.3) is 0 Å². The topological polar surface area (TPSA) is 81.5 Å². The fourth-order valence-electron chi connectivity index (χ4n) is 2.89. The first-order chi connectivity index (χ1) is 12.8. The average Bonchev–Trinajstić information content (AvgIpc) is 2.69. The quantitative estimate of drug-likeness (QED) is 0.801. The highest BCUT2D eigenvalue weighted by Crippen LogP contribution is 2.22. The van der Waals surface area contributed by atoms with Crippen molar-refractivity contribution in [3.05, 3.63) is 65.2 Å². The molecule has 27 heavy (non-hydrogen) atoms. The maximum absolute atomic E-state index is 13.8. The molecular formula is C18H15F2N3O3S. The van der Waals surface area contributed by atoms with Crippen LogP contribution in [0, 0.1) is 23.0 Å². The molecule has 0 N–H and O–H groups in total. The van der Waals surface area contributed by atoms with Crippen LogP contribution in [0.1, 0.15) is 15.9 Å². The number of carbonyl (C=O) groups is 1. The highest BCUT2D eigenvalue weighted by atomic mass is 32.2. The van der Waals surface area contributed by atoms with Gasteiger partial charge in [0.1, 0.15) is 17.7 Å². The molecule has 0 bridgehead atoms. The number of hydrogen-bond donors (Lipinski definition) is 0. The van der Waals surface area contributed by atoms with E-state index in [4.69, 9.17) is 5.26 Å². The Hall–Kier alpha value is -2.83. The lowest BCUT2D eigenvalue weighted by atomic mass is 10.1. The second kappa shape index (κ2) is 7.42. The molecule has 140 valence electrons. The first-order valence-electron chi connectivity index (χ1n) is 8.08. The third-order valence-corrected chi connectivity index (χ3v) is 6.27. The van der Waals surface area contributed by atoms with Crippen LogP contribution in [-0.4, -0.2) is 49.7 Å². The van der Waals surface area contributed by atoms with Gasteiger partial charge in [-0.3, -0.25) is 4.79 Å². The molecule has 1 aliphatic heterocycles. The summed E-state index contributed by atoms with van der Waals surface area (Å²) in [6.45, 7) is 0.0427. The van der Waals surface area contributed by atoms with Gasteiger partial charge in [0.25, 0.3) is 5.91 Å². The Kier molecular flexibility index (Phi) is 5.21. The van der Waals surface area contributed by atoms with Crippen molar-refractivity contribution in [2.24, 2.45) is 0 Å². The summed E-state index contributed by atoms with van der Waals surface area (Å²) in [4.78, 5) is 13.6. The molecule has 2 aromatic rings. The smallest absolute Gasteiger partial charge is 0.257 e. The summed E-state index contributed by atoms with van der Waals surface area (Å²) >= 11 is 0. The summed E-state index contributed by atoms with van der Waals surface area (Å²) in [6, 6.07) is 10.3. The van der Waals surface area contributed by atoms with Gasteiger partial charge >= 0.3 is 0 Å². The molecule has 6 nitrogen and oxygen atoms in total.